The molecule has 0 atom stereocenters. The maximum Gasteiger partial charge on any atom is 0.131 e. The van der Waals surface area contributed by atoms with E-state index >= 15 is 0 Å². The number of hydrogen-bond acceptors (Lipinski definition) is 4. The van der Waals surface area contributed by atoms with Crippen molar-refractivity contribution in [3.63, 3.8) is 0 Å². The summed E-state index contributed by atoms with van der Waals surface area (Å²) in [6.45, 7) is 0. The quantitative estimate of drug-likeness (QED) is 0.458. The van der Waals surface area contributed by atoms with Gasteiger partial charge in [0.05, 0.1) is 0 Å². The Morgan fingerprint density at radius 2 is 1.23 bits per heavy atom. The third-order valence-electron chi connectivity index (χ3n) is 1.03. The zero-order valence-corrected chi connectivity index (χ0v) is 11.1. The number of rotatable bonds is 5. The first-order chi connectivity index (χ1) is 5.63. The molecule has 0 bridgehead atoms. The minimum Gasteiger partial charge on any atom is -0.385 e. The summed E-state index contributed by atoms with van der Waals surface area (Å²) in [7, 11) is 0. The monoisotopic (exact) mass is 303 g/mol. The summed E-state index contributed by atoms with van der Waals surface area (Å²) in [5.74, 6) is 1.99. The van der Waals surface area contributed by atoms with Gasteiger partial charge in [-0.25, -0.2) is 0 Å². The fourth-order valence-electron chi connectivity index (χ4n) is 0.550. The van der Waals surface area contributed by atoms with Crippen LogP contribution in [0.3, 0.4) is 0 Å². The van der Waals surface area contributed by atoms with Gasteiger partial charge in [0.2, 0.25) is 0 Å². The molecule has 81 valence electrons. The van der Waals surface area contributed by atoms with E-state index in [0.29, 0.717) is 8.64 Å². The van der Waals surface area contributed by atoms with Crippen molar-refractivity contribution in [1.29, 1.82) is 0 Å². The standard InChI is InChI=1S/C6H12N2S4.Cu/c7-5(9)11-3-1-2-4-12-6(8)10;/h1-4H2,(H2,7,9)(H2,8,10);. The van der Waals surface area contributed by atoms with Crippen molar-refractivity contribution >= 4 is 56.6 Å². The molecule has 0 aromatic carbocycles. The van der Waals surface area contributed by atoms with Gasteiger partial charge in [0.25, 0.3) is 0 Å². The first kappa shape index (κ1) is 16.4. The molecule has 0 rings (SSSR count). The largest absolute Gasteiger partial charge is 0.385 e. The summed E-state index contributed by atoms with van der Waals surface area (Å²) in [4.78, 5) is 0. The van der Waals surface area contributed by atoms with Crippen LogP contribution in [0.25, 0.3) is 0 Å². The first-order valence-corrected chi connectivity index (χ1v) is 6.26. The van der Waals surface area contributed by atoms with Gasteiger partial charge in [-0.3, -0.25) is 0 Å². The molecule has 0 aromatic rings. The Hall–Kier alpha value is 0.999. The Balaban J connectivity index is 0. The molecule has 1 radical (unpaired) electrons. The molecule has 0 unspecified atom stereocenters. The second-order valence-electron chi connectivity index (χ2n) is 2.04. The summed E-state index contributed by atoms with van der Waals surface area (Å²) in [6.07, 6.45) is 2.22. The molecular formula is C6H12CuN2S4. The minimum atomic E-state index is 0. The van der Waals surface area contributed by atoms with Crippen LogP contribution in [0, 0.1) is 0 Å². The van der Waals surface area contributed by atoms with Crippen LogP contribution < -0.4 is 11.5 Å². The van der Waals surface area contributed by atoms with Gasteiger partial charge in [-0.2, -0.15) is 0 Å². The van der Waals surface area contributed by atoms with Crippen LogP contribution >= 0.6 is 48.0 Å². The molecule has 0 saturated heterocycles. The zero-order valence-electron chi connectivity index (χ0n) is 6.92. The fourth-order valence-corrected chi connectivity index (χ4v) is 2.15. The van der Waals surface area contributed by atoms with Crippen molar-refractivity contribution in [3.05, 3.63) is 0 Å². The summed E-state index contributed by atoms with van der Waals surface area (Å²) in [5.41, 5.74) is 10.6. The molecule has 0 aliphatic heterocycles. The van der Waals surface area contributed by atoms with Crippen LogP contribution in [0.15, 0.2) is 0 Å². The number of unbranched alkanes of at least 4 members (excludes halogenated alkanes) is 1. The fraction of sp³-hybridized carbons (Fsp3) is 0.667. The van der Waals surface area contributed by atoms with Crippen LogP contribution in [0.1, 0.15) is 12.8 Å². The van der Waals surface area contributed by atoms with Gasteiger partial charge in [0.1, 0.15) is 8.64 Å². The Kier molecular flexibility index (Phi) is 14.0. The molecule has 0 aliphatic rings. The van der Waals surface area contributed by atoms with Gasteiger partial charge in [0, 0.05) is 28.6 Å². The van der Waals surface area contributed by atoms with Crippen LogP contribution in [0.4, 0.5) is 0 Å². The minimum absolute atomic E-state index is 0. The maximum absolute atomic E-state index is 5.30. The second-order valence-corrected chi connectivity index (χ2v) is 5.71. The van der Waals surface area contributed by atoms with Gasteiger partial charge < -0.3 is 11.5 Å². The predicted octanol–water partition coefficient (Wildman–Crippen LogP) is 1.72. The van der Waals surface area contributed by atoms with E-state index in [2.05, 4.69) is 0 Å². The van der Waals surface area contributed by atoms with Crippen LogP contribution in [-0.4, -0.2) is 20.1 Å². The molecule has 0 amide bonds. The third-order valence-corrected chi connectivity index (χ3v) is 3.29. The molecule has 13 heavy (non-hydrogen) atoms. The topological polar surface area (TPSA) is 52.0 Å². The number of nitrogens with two attached hydrogens (primary N) is 2. The SMILES string of the molecule is NC(=S)SCCCCSC(N)=S.[Cu]. The molecular weight excluding hydrogens is 292 g/mol. The molecule has 0 aromatic heterocycles. The smallest absolute Gasteiger partial charge is 0.131 e. The van der Waals surface area contributed by atoms with Crippen molar-refractivity contribution in [2.24, 2.45) is 11.5 Å². The molecule has 0 spiro atoms. The molecule has 7 heteroatoms. The molecule has 2 nitrogen and oxygen atoms in total. The number of hydrogen-bond donors (Lipinski definition) is 2. The van der Waals surface area contributed by atoms with Crippen LogP contribution in [0.5, 0.6) is 0 Å². The Bertz CT molecular complexity index is 147. The van der Waals surface area contributed by atoms with Gasteiger partial charge in [0.15, 0.2) is 0 Å². The summed E-state index contributed by atoms with van der Waals surface area (Å²) >= 11 is 12.5. The zero-order chi connectivity index (χ0) is 9.40. The van der Waals surface area contributed by atoms with Gasteiger partial charge >= 0.3 is 0 Å². The first-order valence-electron chi connectivity index (χ1n) is 3.47. The number of thioether (sulfide) groups is 2. The van der Waals surface area contributed by atoms with E-state index in [0.717, 1.165) is 24.3 Å². The normalized spacial score (nSPS) is 8.92. The van der Waals surface area contributed by atoms with E-state index in [1.165, 1.54) is 23.5 Å². The maximum atomic E-state index is 5.30. The van der Waals surface area contributed by atoms with E-state index in [4.69, 9.17) is 35.9 Å². The molecule has 0 heterocycles. The van der Waals surface area contributed by atoms with Crippen LogP contribution in [0.2, 0.25) is 0 Å². The Morgan fingerprint density at radius 3 is 1.46 bits per heavy atom. The summed E-state index contributed by atoms with van der Waals surface area (Å²) < 4.78 is 1.05. The third kappa shape index (κ3) is 15.7. The van der Waals surface area contributed by atoms with Gasteiger partial charge in [-0.05, 0) is 12.8 Å². The summed E-state index contributed by atoms with van der Waals surface area (Å²) in [5, 5.41) is 0. The molecule has 0 saturated carbocycles. The van der Waals surface area contributed by atoms with Crippen LogP contribution in [-0.2, 0) is 17.1 Å². The van der Waals surface area contributed by atoms with E-state index in [-0.39, 0.29) is 17.1 Å². The van der Waals surface area contributed by atoms with Crippen molar-refractivity contribution in [3.8, 4) is 0 Å². The van der Waals surface area contributed by atoms with E-state index in [9.17, 15) is 0 Å². The average Bonchev–Trinajstić information content (AvgIpc) is 1.95. The van der Waals surface area contributed by atoms with Crippen molar-refractivity contribution in [2.45, 2.75) is 12.8 Å². The molecule has 0 fully saturated rings. The van der Waals surface area contributed by atoms with E-state index < -0.39 is 0 Å². The predicted molar refractivity (Wildman–Crippen MR) is 67.7 cm³/mol. The Morgan fingerprint density at radius 1 is 0.923 bits per heavy atom. The van der Waals surface area contributed by atoms with Crippen molar-refractivity contribution < 1.29 is 17.1 Å². The van der Waals surface area contributed by atoms with Crippen molar-refractivity contribution in [1.82, 2.24) is 0 Å². The van der Waals surface area contributed by atoms with Gasteiger partial charge in [-0.15, -0.1) is 0 Å². The second kappa shape index (κ2) is 11.1. The van der Waals surface area contributed by atoms with Crippen molar-refractivity contribution in [2.75, 3.05) is 11.5 Å². The number of thiocarbonyl (C=S) groups is 2. The van der Waals surface area contributed by atoms with Gasteiger partial charge in [-0.1, -0.05) is 48.0 Å². The van der Waals surface area contributed by atoms with E-state index in [1.807, 2.05) is 0 Å². The summed E-state index contributed by atoms with van der Waals surface area (Å²) in [6, 6.07) is 0. The Labute approximate surface area is 109 Å². The molecule has 4 N–H and O–H groups in total. The molecule has 0 aliphatic carbocycles. The van der Waals surface area contributed by atoms with E-state index in [1.54, 1.807) is 0 Å². The average molecular weight is 304 g/mol.